The van der Waals surface area contributed by atoms with Gasteiger partial charge in [0.05, 0.1) is 32.2 Å². The van der Waals surface area contributed by atoms with Gasteiger partial charge in [-0.15, -0.1) is 10.2 Å². The number of fused-ring (bicyclic) bond motifs is 3. The third kappa shape index (κ3) is 3.27. The second-order valence-corrected chi connectivity index (χ2v) is 6.34. The molecule has 1 aliphatic heterocycles. The summed E-state index contributed by atoms with van der Waals surface area (Å²) in [5, 5.41) is 21.6. The van der Waals surface area contributed by atoms with Crippen LogP contribution in [0.1, 0.15) is 23.0 Å². The third-order valence-electron chi connectivity index (χ3n) is 4.23. The summed E-state index contributed by atoms with van der Waals surface area (Å²) < 4.78 is 12.5. The Hall–Kier alpha value is -3.47. The Morgan fingerprint density at radius 2 is 2.21 bits per heavy atom. The van der Waals surface area contributed by atoms with Crippen LogP contribution >= 0.6 is 0 Å². The van der Waals surface area contributed by atoms with Crippen LogP contribution in [0.25, 0.3) is 5.65 Å². The first-order valence-corrected chi connectivity index (χ1v) is 8.71. The Morgan fingerprint density at radius 3 is 3.00 bits per heavy atom. The van der Waals surface area contributed by atoms with E-state index in [1.165, 1.54) is 13.3 Å². The highest BCUT2D eigenvalue weighted by Crippen LogP contribution is 2.27. The van der Waals surface area contributed by atoms with E-state index in [4.69, 9.17) is 9.47 Å². The van der Waals surface area contributed by atoms with Crippen LogP contribution in [0, 0.1) is 0 Å². The minimum atomic E-state index is -0.272. The second kappa shape index (κ2) is 7.27. The molecule has 28 heavy (non-hydrogen) atoms. The summed E-state index contributed by atoms with van der Waals surface area (Å²) in [6.07, 6.45) is 1.49. The molecule has 1 aliphatic rings. The van der Waals surface area contributed by atoms with Gasteiger partial charge in [0.15, 0.2) is 5.65 Å². The van der Waals surface area contributed by atoms with Crippen molar-refractivity contribution in [2.45, 2.75) is 19.6 Å². The van der Waals surface area contributed by atoms with Crippen molar-refractivity contribution >= 4 is 28.9 Å². The monoisotopic (exact) mass is 384 g/mol. The molecule has 0 aliphatic carbocycles. The molecule has 4 bridgehead atoms. The van der Waals surface area contributed by atoms with Gasteiger partial charge in [-0.25, -0.2) is 4.98 Å². The van der Waals surface area contributed by atoms with E-state index in [0.717, 1.165) is 0 Å². The first-order valence-electron chi connectivity index (χ1n) is 8.71. The fraction of sp³-hybridized carbons (Fsp3) is 0.353. The number of amides is 1. The van der Waals surface area contributed by atoms with Gasteiger partial charge in [0.25, 0.3) is 11.8 Å². The summed E-state index contributed by atoms with van der Waals surface area (Å²) in [7, 11) is 3.28. The highest BCUT2D eigenvalue weighted by Gasteiger charge is 2.20. The van der Waals surface area contributed by atoms with Gasteiger partial charge in [0.1, 0.15) is 22.9 Å². The number of nitrogens with one attached hydrogen (secondary N) is 3. The van der Waals surface area contributed by atoms with Gasteiger partial charge in [-0.05, 0) is 13.0 Å². The lowest BCUT2D eigenvalue weighted by atomic mass is 10.2. The largest absolute Gasteiger partial charge is 0.478 e. The third-order valence-corrected chi connectivity index (χ3v) is 4.23. The number of aromatic nitrogens is 5. The van der Waals surface area contributed by atoms with Crippen LogP contribution in [0.2, 0.25) is 0 Å². The van der Waals surface area contributed by atoms with Crippen molar-refractivity contribution in [1.82, 2.24) is 30.1 Å². The Bertz CT molecular complexity index is 1030. The molecule has 4 rings (SSSR count). The zero-order valence-corrected chi connectivity index (χ0v) is 15.7. The lowest BCUT2D eigenvalue weighted by Crippen LogP contribution is -2.36. The molecule has 3 aromatic heterocycles. The molecule has 1 atom stereocenters. The molecule has 0 radical (unpaired) electrons. The number of carbonyl (C=O) groups is 1. The second-order valence-electron chi connectivity index (χ2n) is 6.34. The topological polar surface area (TPSA) is 128 Å². The number of ether oxygens (including phenoxy) is 2. The summed E-state index contributed by atoms with van der Waals surface area (Å²) >= 11 is 0. The van der Waals surface area contributed by atoms with Gasteiger partial charge in [0.2, 0.25) is 0 Å². The SMILES string of the molecule is CNc1cc2nc3c(cnn13)C(=O)N[C@H](C)COCc1cc(c(OC)nn1)N2. The predicted molar refractivity (Wildman–Crippen MR) is 101 cm³/mol. The Labute approximate surface area is 160 Å². The summed E-state index contributed by atoms with van der Waals surface area (Å²) in [6, 6.07) is 3.36. The highest BCUT2D eigenvalue weighted by molar-refractivity contribution is 6.00. The molecule has 1 amide bonds. The van der Waals surface area contributed by atoms with Crippen LogP contribution in [0.5, 0.6) is 5.88 Å². The van der Waals surface area contributed by atoms with Crippen molar-refractivity contribution in [3.8, 4) is 5.88 Å². The standard InChI is InChI=1S/C17H20N8O3/c1-9-7-28-8-10-4-12(17(27-3)24-23-10)21-13-5-14(18-2)25-15(22-13)11(6-19-25)16(26)20-9/h4-6,9,18H,7-8H2,1-3H3,(H,20,26)(H,21,22)/t9-/m1/s1. The van der Waals surface area contributed by atoms with E-state index >= 15 is 0 Å². The molecule has 4 heterocycles. The van der Waals surface area contributed by atoms with Crippen molar-refractivity contribution in [3.05, 3.63) is 29.6 Å². The molecule has 0 spiro atoms. The lowest BCUT2D eigenvalue weighted by Gasteiger charge is -2.16. The van der Waals surface area contributed by atoms with E-state index in [9.17, 15) is 4.79 Å². The van der Waals surface area contributed by atoms with Crippen molar-refractivity contribution in [1.29, 1.82) is 0 Å². The Balaban J connectivity index is 1.88. The van der Waals surface area contributed by atoms with Crippen LogP contribution in [0.15, 0.2) is 18.3 Å². The molecule has 0 unspecified atom stereocenters. The van der Waals surface area contributed by atoms with Crippen molar-refractivity contribution in [2.75, 3.05) is 31.4 Å². The van der Waals surface area contributed by atoms with E-state index in [1.54, 1.807) is 23.7 Å². The molecule has 0 fully saturated rings. The molecular weight excluding hydrogens is 364 g/mol. The minimum absolute atomic E-state index is 0.207. The van der Waals surface area contributed by atoms with E-state index in [1.807, 2.05) is 6.92 Å². The van der Waals surface area contributed by atoms with Gasteiger partial charge in [0, 0.05) is 19.2 Å². The van der Waals surface area contributed by atoms with Crippen molar-refractivity contribution < 1.29 is 14.3 Å². The molecule has 0 saturated carbocycles. The smallest absolute Gasteiger partial charge is 0.257 e. The van der Waals surface area contributed by atoms with Gasteiger partial charge in [-0.1, -0.05) is 0 Å². The molecule has 3 N–H and O–H groups in total. The predicted octanol–water partition coefficient (Wildman–Crippen LogP) is 0.962. The maximum Gasteiger partial charge on any atom is 0.257 e. The van der Waals surface area contributed by atoms with Crippen LogP contribution in [0.4, 0.5) is 17.3 Å². The summed E-state index contributed by atoms with van der Waals surface area (Å²) in [5.74, 6) is 1.21. The zero-order chi connectivity index (χ0) is 19.7. The number of anilines is 3. The van der Waals surface area contributed by atoms with E-state index in [2.05, 4.69) is 36.2 Å². The first kappa shape index (κ1) is 17.9. The van der Waals surface area contributed by atoms with Gasteiger partial charge < -0.3 is 25.4 Å². The highest BCUT2D eigenvalue weighted by atomic mass is 16.5. The number of hydrogen-bond acceptors (Lipinski definition) is 9. The minimum Gasteiger partial charge on any atom is -0.478 e. The molecule has 3 aromatic rings. The molecule has 0 saturated heterocycles. The Kier molecular flexibility index (Phi) is 4.65. The van der Waals surface area contributed by atoms with Crippen molar-refractivity contribution in [2.24, 2.45) is 0 Å². The van der Waals surface area contributed by atoms with Crippen LogP contribution in [-0.2, 0) is 11.3 Å². The van der Waals surface area contributed by atoms with Gasteiger partial charge in [-0.3, -0.25) is 4.79 Å². The normalized spacial score (nSPS) is 17.0. The first-order chi connectivity index (χ1) is 13.6. The van der Waals surface area contributed by atoms with Gasteiger partial charge >= 0.3 is 0 Å². The summed E-state index contributed by atoms with van der Waals surface area (Å²) in [5.41, 5.74) is 1.99. The molecule has 0 aromatic carbocycles. The lowest BCUT2D eigenvalue weighted by molar-refractivity contribution is 0.0812. The maximum absolute atomic E-state index is 12.7. The van der Waals surface area contributed by atoms with E-state index in [-0.39, 0.29) is 18.6 Å². The van der Waals surface area contributed by atoms with Gasteiger partial charge in [-0.2, -0.15) is 9.61 Å². The Morgan fingerprint density at radius 1 is 1.36 bits per heavy atom. The average molecular weight is 384 g/mol. The summed E-state index contributed by atoms with van der Waals surface area (Å²) in [4.78, 5) is 17.3. The number of nitrogens with zero attached hydrogens (tertiary/aromatic N) is 5. The molecule has 11 heteroatoms. The average Bonchev–Trinajstić information content (AvgIpc) is 3.11. The summed E-state index contributed by atoms with van der Waals surface area (Å²) in [6.45, 7) is 2.43. The van der Waals surface area contributed by atoms with Crippen LogP contribution < -0.4 is 20.7 Å². The molecule has 146 valence electrons. The van der Waals surface area contributed by atoms with E-state index in [0.29, 0.717) is 46.7 Å². The number of hydrogen-bond donors (Lipinski definition) is 3. The number of rotatable bonds is 2. The molecular formula is C17H20N8O3. The van der Waals surface area contributed by atoms with Crippen LogP contribution in [-0.4, -0.2) is 57.5 Å². The van der Waals surface area contributed by atoms with Crippen LogP contribution in [0.3, 0.4) is 0 Å². The number of carbonyl (C=O) groups excluding carboxylic acids is 1. The zero-order valence-electron chi connectivity index (χ0n) is 15.7. The van der Waals surface area contributed by atoms with Crippen molar-refractivity contribution in [3.63, 3.8) is 0 Å². The fourth-order valence-electron chi connectivity index (χ4n) is 2.92. The maximum atomic E-state index is 12.7. The number of methoxy groups -OCH3 is 1. The van der Waals surface area contributed by atoms with E-state index < -0.39 is 0 Å². The fourth-order valence-corrected chi connectivity index (χ4v) is 2.92. The quantitative estimate of drug-likeness (QED) is 0.592. The molecule has 11 nitrogen and oxygen atoms in total.